The van der Waals surface area contributed by atoms with Gasteiger partial charge >= 0.3 is 6.18 Å². The number of alkyl halides is 3. The van der Waals surface area contributed by atoms with Crippen LogP contribution in [-0.4, -0.2) is 65.3 Å². The summed E-state index contributed by atoms with van der Waals surface area (Å²) in [6.07, 6.45) is 1.79. The highest BCUT2D eigenvalue weighted by Gasteiger charge is 2.30. The van der Waals surface area contributed by atoms with Crippen molar-refractivity contribution in [1.82, 2.24) is 25.6 Å². The molecule has 0 spiro atoms. The van der Waals surface area contributed by atoms with E-state index in [0.717, 1.165) is 5.56 Å². The number of methoxy groups -OCH3 is 1. The smallest absolute Gasteiger partial charge is 0.383 e. The van der Waals surface area contributed by atoms with Crippen molar-refractivity contribution < 1.29 is 27.5 Å². The number of H-pyrrole nitrogens is 1. The molecule has 0 aliphatic carbocycles. The molecule has 0 radical (unpaired) electrons. The van der Waals surface area contributed by atoms with Crippen LogP contribution in [-0.2, 0) is 9.53 Å². The lowest BCUT2D eigenvalue weighted by Gasteiger charge is -2.23. The van der Waals surface area contributed by atoms with Crippen molar-refractivity contribution in [3.63, 3.8) is 0 Å². The number of halogens is 3. The van der Waals surface area contributed by atoms with E-state index >= 15 is 0 Å². The Morgan fingerprint density at radius 1 is 1.14 bits per heavy atom. The molecule has 2 amide bonds. The Morgan fingerprint density at radius 2 is 1.89 bits per heavy atom. The van der Waals surface area contributed by atoms with Crippen LogP contribution >= 0.6 is 0 Å². The molecule has 3 heterocycles. The molecule has 12 heteroatoms. The molecular formula is C24H29F3N6O3. The first-order valence-electron chi connectivity index (χ1n) is 11.3. The van der Waals surface area contributed by atoms with Gasteiger partial charge in [0.25, 0.3) is 5.91 Å². The molecule has 9 nitrogen and oxygen atoms in total. The van der Waals surface area contributed by atoms with Crippen LogP contribution in [0.1, 0.15) is 31.1 Å². The summed E-state index contributed by atoms with van der Waals surface area (Å²) in [5.41, 5.74) is 2.77. The van der Waals surface area contributed by atoms with Crippen molar-refractivity contribution in [1.29, 1.82) is 0 Å². The minimum absolute atomic E-state index is 0.182. The molecule has 0 aliphatic heterocycles. The number of anilines is 1. The number of ether oxygens (including phenoxy) is 1. The number of fused-ring (bicyclic) bond motifs is 1. The Morgan fingerprint density at radius 3 is 2.56 bits per heavy atom. The highest BCUT2D eigenvalue weighted by atomic mass is 19.4. The van der Waals surface area contributed by atoms with Crippen molar-refractivity contribution in [2.75, 3.05) is 25.6 Å². The van der Waals surface area contributed by atoms with E-state index in [1.807, 2.05) is 12.2 Å². The summed E-state index contributed by atoms with van der Waals surface area (Å²) >= 11 is 0. The Kier molecular flexibility index (Phi) is 8.51. The monoisotopic (exact) mass is 506 g/mol. The van der Waals surface area contributed by atoms with E-state index < -0.39 is 24.7 Å². The van der Waals surface area contributed by atoms with Crippen molar-refractivity contribution in [2.24, 2.45) is 5.92 Å². The second-order valence-corrected chi connectivity index (χ2v) is 8.81. The predicted molar refractivity (Wildman–Crippen MR) is 129 cm³/mol. The number of nitrogens with zero attached hydrogens (tertiary/aromatic N) is 2. The molecule has 0 saturated carbocycles. The Labute approximate surface area is 206 Å². The average molecular weight is 507 g/mol. The van der Waals surface area contributed by atoms with Gasteiger partial charge in [0.1, 0.15) is 18.2 Å². The zero-order chi connectivity index (χ0) is 26.5. The lowest BCUT2D eigenvalue weighted by atomic mass is 10.0. The highest BCUT2D eigenvalue weighted by Crippen LogP contribution is 2.30. The average Bonchev–Trinajstić information content (AvgIpc) is 3.24. The maximum absolute atomic E-state index is 12.6. The van der Waals surface area contributed by atoms with Gasteiger partial charge in [0.05, 0.1) is 17.9 Å². The molecule has 3 aromatic rings. The highest BCUT2D eigenvalue weighted by molar-refractivity contribution is 6.01. The van der Waals surface area contributed by atoms with E-state index in [0.29, 0.717) is 34.5 Å². The molecule has 0 aromatic carbocycles. The van der Waals surface area contributed by atoms with Gasteiger partial charge in [-0.25, -0.2) is 4.98 Å². The van der Waals surface area contributed by atoms with Crippen LogP contribution in [0.3, 0.4) is 0 Å². The number of hydrogen-bond donors (Lipinski definition) is 4. The largest absolute Gasteiger partial charge is 0.405 e. The van der Waals surface area contributed by atoms with Gasteiger partial charge in [0.15, 0.2) is 0 Å². The third-order valence-electron chi connectivity index (χ3n) is 5.37. The summed E-state index contributed by atoms with van der Waals surface area (Å²) in [4.78, 5) is 36.6. The lowest BCUT2D eigenvalue weighted by molar-refractivity contribution is -0.139. The number of carbonyl (C=O) groups is 2. The zero-order valence-corrected chi connectivity index (χ0v) is 20.4. The summed E-state index contributed by atoms with van der Waals surface area (Å²) in [5.74, 6) is -1.34. The van der Waals surface area contributed by atoms with Crippen LogP contribution in [0.4, 0.5) is 18.9 Å². The fraction of sp³-hybridized carbons (Fsp3) is 0.417. The van der Waals surface area contributed by atoms with Crippen LogP contribution in [0.2, 0.25) is 0 Å². The van der Waals surface area contributed by atoms with Crippen molar-refractivity contribution in [2.45, 2.75) is 39.0 Å². The van der Waals surface area contributed by atoms with Crippen LogP contribution in [0, 0.1) is 5.92 Å². The second kappa shape index (κ2) is 11.4. The number of aromatic amines is 1. The first-order chi connectivity index (χ1) is 17.0. The first-order valence-corrected chi connectivity index (χ1v) is 11.3. The van der Waals surface area contributed by atoms with E-state index in [1.54, 1.807) is 45.5 Å². The Bertz CT molecular complexity index is 1210. The number of hydrogen-bond acceptors (Lipinski definition) is 6. The molecule has 0 bridgehead atoms. The Balaban J connectivity index is 1.84. The van der Waals surface area contributed by atoms with Gasteiger partial charge < -0.3 is 25.7 Å². The van der Waals surface area contributed by atoms with Gasteiger partial charge in [-0.1, -0.05) is 13.8 Å². The van der Waals surface area contributed by atoms with Gasteiger partial charge in [-0.15, -0.1) is 0 Å². The number of rotatable bonds is 10. The number of aromatic nitrogens is 3. The maximum atomic E-state index is 12.6. The second-order valence-electron chi connectivity index (χ2n) is 8.81. The number of amides is 2. The maximum Gasteiger partial charge on any atom is 0.405 e. The summed E-state index contributed by atoms with van der Waals surface area (Å²) in [7, 11) is 1.55. The predicted octanol–water partition coefficient (Wildman–Crippen LogP) is 3.50. The molecular weight excluding hydrogens is 477 g/mol. The Hall–Kier alpha value is -3.67. The van der Waals surface area contributed by atoms with Crippen LogP contribution < -0.4 is 16.0 Å². The van der Waals surface area contributed by atoms with Gasteiger partial charge in [-0.2, -0.15) is 13.2 Å². The molecule has 194 valence electrons. The van der Waals surface area contributed by atoms with E-state index in [9.17, 15) is 22.8 Å². The molecule has 36 heavy (non-hydrogen) atoms. The standard InChI is InChI=1S/C24H29F3N6O3/c1-13(2)20(23(35)31-12-24(25,26)27)33-17-5-15(7-28-9-17)19-10-30-21-18(19)6-16(8-29-21)22(34)32-14(3)11-36-4/h5-10,13-14,20,33H,11-12H2,1-4H3,(H,29,30)(H,31,35)(H,32,34)/t14?,20-/m1/s1. The minimum Gasteiger partial charge on any atom is -0.383 e. The van der Waals surface area contributed by atoms with Crippen molar-refractivity contribution >= 4 is 28.5 Å². The molecule has 1 unspecified atom stereocenters. The van der Waals surface area contributed by atoms with Crippen LogP contribution in [0.15, 0.2) is 36.9 Å². The summed E-state index contributed by atoms with van der Waals surface area (Å²) in [5, 5.41) is 8.43. The molecule has 0 saturated heterocycles. The van der Waals surface area contributed by atoms with Gasteiger partial charge in [-0.3, -0.25) is 14.6 Å². The normalized spacial score (nSPS) is 13.4. The van der Waals surface area contributed by atoms with Gasteiger partial charge in [-0.05, 0) is 25.0 Å². The first kappa shape index (κ1) is 26.9. The molecule has 0 aliphatic rings. The quantitative estimate of drug-likeness (QED) is 0.334. The fourth-order valence-corrected chi connectivity index (χ4v) is 3.64. The molecule has 4 N–H and O–H groups in total. The third kappa shape index (κ3) is 6.94. The van der Waals surface area contributed by atoms with E-state index in [2.05, 4.69) is 25.6 Å². The van der Waals surface area contributed by atoms with Crippen LogP contribution in [0.25, 0.3) is 22.2 Å². The summed E-state index contributed by atoms with van der Waals surface area (Å²) < 4.78 is 42.7. The number of pyridine rings is 2. The zero-order valence-electron chi connectivity index (χ0n) is 20.4. The van der Waals surface area contributed by atoms with Crippen molar-refractivity contribution in [3.8, 4) is 11.1 Å². The summed E-state index contributed by atoms with van der Waals surface area (Å²) in [6.45, 7) is 4.25. The molecule has 0 fully saturated rings. The molecule has 2 atom stereocenters. The topological polar surface area (TPSA) is 121 Å². The fourth-order valence-electron chi connectivity index (χ4n) is 3.64. The number of nitrogens with one attached hydrogen (secondary N) is 4. The van der Waals surface area contributed by atoms with E-state index in [1.165, 1.54) is 12.4 Å². The molecule has 3 rings (SSSR count). The minimum atomic E-state index is -4.50. The number of carbonyl (C=O) groups excluding carboxylic acids is 2. The molecule has 3 aromatic heterocycles. The SMILES string of the molecule is COCC(C)NC(=O)c1cnc2[nH]cc(-c3cncc(N[C@@H](C(=O)NCC(F)(F)F)C(C)C)c3)c2c1. The van der Waals surface area contributed by atoms with E-state index in [-0.39, 0.29) is 17.9 Å². The lowest BCUT2D eigenvalue weighted by Crippen LogP contribution is -2.46. The van der Waals surface area contributed by atoms with Crippen molar-refractivity contribution in [3.05, 3.63) is 42.5 Å². The van der Waals surface area contributed by atoms with Gasteiger partial charge in [0, 0.05) is 54.5 Å². The third-order valence-corrected chi connectivity index (χ3v) is 5.37. The van der Waals surface area contributed by atoms with E-state index in [4.69, 9.17) is 4.74 Å². The summed E-state index contributed by atoms with van der Waals surface area (Å²) in [6, 6.07) is 2.36. The van der Waals surface area contributed by atoms with Gasteiger partial charge in [0.2, 0.25) is 5.91 Å². The van der Waals surface area contributed by atoms with Crippen LogP contribution in [0.5, 0.6) is 0 Å².